The van der Waals surface area contributed by atoms with Gasteiger partial charge in [0, 0.05) is 33.7 Å². The fraction of sp³-hybridized carbons (Fsp3) is 0.128. The second-order valence-corrected chi connectivity index (χ2v) is 13.0. The minimum Gasteiger partial charge on any atom is -0.501 e. The topological polar surface area (TPSA) is 18.5 Å². The highest BCUT2D eigenvalue weighted by Gasteiger charge is 2.48. The summed E-state index contributed by atoms with van der Waals surface area (Å²) in [6.07, 6.45) is 6.30. The first-order valence-corrected chi connectivity index (χ1v) is 15.7. The number of thiophene rings is 1. The highest BCUT2D eigenvalue weighted by atomic mass is 32.2. The van der Waals surface area contributed by atoms with E-state index in [-0.39, 0.29) is 10.5 Å². The molecule has 3 heteroatoms. The fourth-order valence-electron chi connectivity index (χ4n) is 7.28. The summed E-state index contributed by atoms with van der Waals surface area (Å²) in [5.41, 5.74) is 7.59. The van der Waals surface area contributed by atoms with Crippen LogP contribution in [0.5, 0.6) is 5.75 Å². The van der Waals surface area contributed by atoms with Gasteiger partial charge < -0.3 is 9.47 Å². The van der Waals surface area contributed by atoms with Gasteiger partial charge in [-0.15, -0.1) is 0 Å². The molecule has 0 spiro atoms. The maximum absolute atomic E-state index is 5.66. The predicted octanol–water partition coefficient (Wildman–Crippen LogP) is 10.3. The third-order valence-corrected chi connectivity index (χ3v) is 11.5. The summed E-state index contributed by atoms with van der Waals surface area (Å²) < 4.78 is 14.1. The van der Waals surface area contributed by atoms with Gasteiger partial charge in [0.1, 0.15) is 5.75 Å². The molecular formula is C39H31O2S+. The van der Waals surface area contributed by atoms with Crippen LogP contribution < -0.4 is 4.74 Å². The molecule has 0 radical (unpaired) electrons. The summed E-state index contributed by atoms with van der Waals surface area (Å²) in [5, 5.41) is 2.71. The van der Waals surface area contributed by atoms with Crippen LogP contribution in [-0.4, -0.2) is 14.2 Å². The van der Waals surface area contributed by atoms with Gasteiger partial charge in [-0.05, 0) is 88.8 Å². The fourth-order valence-corrected chi connectivity index (χ4v) is 9.69. The van der Waals surface area contributed by atoms with E-state index in [0.29, 0.717) is 0 Å². The van der Waals surface area contributed by atoms with Crippen LogP contribution in [0.1, 0.15) is 29.5 Å². The molecule has 5 aromatic carbocycles. The zero-order valence-electron chi connectivity index (χ0n) is 23.8. The van der Waals surface area contributed by atoms with E-state index in [9.17, 15) is 0 Å². The van der Waals surface area contributed by atoms with Crippen molar-refractivity contribution < 1.29 is 9.47 Å². The van der Waals surface area contributed by atoms with Crippen molar-refractivity contribution in [1.82, 2.24) is 0 Å². The molecule has 0 N–H and O–H groups in total. The SMILES string of the molecule is COC1=CC=C(C2(c3ccc(OC)cc3)c3ccccc3-c3ccc(-[s+]4c5ccccc5c5ccccc54)cc32)CC1. The highest BCUT2D eigenvalue weighted by molar-refractivity contribution is 7.50. The van der Waals surface area contributed by atoms with E-state index in [1.165, 1.54) is 58.5 Å². The molecule has 1 aromatic heterocycles. The maximum Gasteiger partial charge on any atom is 0.187 e. The van der Waals surface area contributed by atoms with Gasteiger partial charge >= 0.3 is 0 Å². The number of allylic oxidation sites excluding steroid dienone is 4. The largest absolute Gasteiger partial charge is 0.501 e. The Bertz CT molecular complexity index is 2010. The average Bonchev–Trinajstić information content (AvgIpc) is 3.55. The Kier molecular flexibility index (Phi) is 5.84. The van der Waals surface area contributed by atoms with Crippen molar-refractivity contribution >= 4 is 30.6 Å². The Balaban J connectivity index is 1.46. The van der Waals surface area contributed by atoms with Gasteiger partial charge in [0.05, 0.1) is 25.4 Å². The predicted molar refractivity (Wildman–Crippen MR) is 176 cm³/mol. The zero-order valence-corrected chi connectivity index (χ0v) is 24.6. The molecule has 1 unspecified atom stereocenters. The van der Waals surface area contributed by atoms with Crippen LogP contribution in [-0.2, 0) is 10.2 Å². The number of hydrogen-bond donors (Lipinski definition) is 0. The van der Waals surface area contributed by atoms with E-state index in [1.54, 1.807) is 14.2 Å². The monoisotopic (exact) mass is 563 g/mol. The molecule has 8 rings (SSSR count). The minimum atomic E-state index is -0.411. The lowest BCUT2D eigenvalue weighted by molar-refractivity contribution is 0.274. The lowest BCUT2D eigenvalue weighted by atomic mass is 9.65. The van der Waals surface area contributed by atoms with Gasteiger partial charge in [0.15, 0.2) is 14.3 Å². The standard InChI is InChI=1S/C39H31O2S/c1-40-28-19-15-26(16-20-28)39(27-17-21-29(41-2)22-18-27)35-12-6-3-9-31(35)32-24-23-30(25-36(32)39)42-37-13-7-4-10-33(37)34-11-5-8-14-38(34)42/h3-17,19-21,23-25H,18,22H2,1-2H3/q+1. The number of rotatable bonds is 5. The van der Waals surface area contributed by atoms with E-state index in [1.807, 2.05) is 0 Å². The molecule has 6 aromatic rings. The van der Waals surface area contributed by atoms with Gasteiger partial charge in [-0.1, -0.05) is 72.3 Å². The van der Waals surface area contributed by atoms with Gasteiger partial charge in [0.2, 0.25) is 0 Å². The van der Waals surface area contributed by atoms with Crippen molar-refractivity contribution in [3.05, 3.63) is 155 Å². The van der Waals surface area contributed by atoms with Crippen molar-refractivity contribution in [3.8, 4) is 21.8 Å². The number of fused-ring (bicyclic) bond motifs is 6. The first-order chi connectivity index (χ1) is 20.7. The molecule has 0 saturated carbocycles. The van der Waals surface area contributed by atoms with Crippen LogP contribution in [0.15, 0.2) is 139 Å². The Morgan fingerprint density at radius 2 is 1.26 bits per heavy atom. The highest BCUT2D eigenvalue weighted by Crippen LogP contribution is 2.59. The minimum absolute atomic E-state index is 0.176. The van der Waals surface area contributed by atoms with Gasteiger partial charge in [-0.3, -0.25) is 0 Å². The second-order valence-electron chi connectivity index (χ2n) is 11.1. The van der Waals surface area contributed by atoms with E-state index < -0.39 is 5.41 Å². The second kappa shape index (κ2) is 9.75. The molecule has 2 nitrogen and oxygen atoms in total. The molecule has 0 fully saturated rings. The number of benzene rings is 5. The molecule has 0 bridgehead atoms. The lowest BCUT2D eigenvalue weighted by Crippen LogP contribution is -2.30. The smallest absolute Gasteiger partial charge is 0.187 e. The van der Waals surface area contributed by atoms with Gasteiger partial charge in [-0.2, -0.15) is 0 Å². The van der Waals surface area contributed by atoms with Gasteiger partial charge in [0.25, 0.3) is 0 Å². The molecule has 1 atom stereocenters. The van der Waals surface area contributed by atoms with Crippen LogP contribution in [0, 0.1) is 0 Å². The Hall–Kier alpha value is -4.60. The Morgan fingerprint density at radius 3 is 1.93 bits per heavy atom. The first-order valence-electron chi connectivity index (χ1n) is 14.5. The molecular weight excluding hydrogens is 532 g/mol. The van der Waals surface area contributed by atoms with Gasteiger partial charge in [-0.25, -0.2) is 0 Å². The molecule has 2 aliphatic rings. The van der Waals surface area contributed by atoms with Crippen LogP contribution in [0.25, 0.3) is 36.2 Å². The van der Waals surface area contributed by atoms with Crippen molar-refractivity contribution in [2.45, 2.75) is 18.3 Å². The number of hydrogen-bond acceptors (Lipinski definition) is 2. The van der Waals surface area contributed by atoms with E-state index in [2.05, 4.69) is 127 Å². The van der Waals surface area contributed by atoms with E-state index in [0.717, 1.165) is 24.4 Å². The summed E-state index contributed by atoms with van der Waals surface area (Å²) >= 11 is 0. The maximum atomic E-state index is 5.66. The first kappa shape index (κ1) is 25.1. The molecule has 2 aliphatic carbocycles. The zero-order chi connectivity index (χ0) is 28.3. The molecule has 0 aliphatic heterocycles. The van der Waals surface area contributed by atoms with Crippen LogP contribution in [0.2, 0.25) is 0 Å². The van der Waals surface area contributed by atoms with Crippen molar-refractivity contribution in [1.29, 1.82) is 0 Å². The third-order valence-electron chi connectivity index (χ3n) is 9.13. The molecule has 0 amide bonds. The van der Waals surface area contributed by atoms with Crippen molar-refractivity contribution in [2.24, 2.45) is 0 Å². The van der Waals surface area contributed by atoms with Crippen molar-refractivity contribution in [3.63, 3.8) is 0 Å². The molecule has 42 heavy (non-hydrogen) atoms. The summed E-state index contributed by atoms with van der Waals surface area (Å²) in [4.78, 5) is 1.36. The molecule has 1 heterocycles. The Labute approximate surface area is 249 Å². The van der Waals surface area contributed by atoms with Crippen LogP contribution in [0.4, 0.5) is 0 Å². The van der Waals surface area contributed by atoms with Crippen LogP contribution >= 0.6 is 10.5 Å². The Morgan fingerprint density at radius 1 is 0.595 bits per heavy atom. The number of methoxy groups -OCH3 is 2. The normalized spacial score (nSPS) is 17.5. The van der Waals surface area contributed by atoms with Crippen LogP contribution in [0.3, 0.4) is 0 Å². The third kappa shape index (κ3) is 3.50. The quantitative estimate of drug-likeness (QED) is 0.194. The van der Waals surface area contributed by atoms with E-state index in [4.69, 9.17) is 9.47 Å². The summed E-state index contributed by atoms with van der Waals surface area (Å²) in [7, 11) is 3.33. The lowest BCUT2D eigenvalue weighted by Gasteiger charge is -2.37. The summed E-state index contributed by atoms with van der Waals surface area (Å²) in [5.74, 6) is 1.90. The summed E-state index contributed by atoms with van der Waals surface area (Å²) in [6.45, 7) is 0. The van der Waals surface area contributed by atoms with E-state index >= 15 is 0 Å². The molecule has 204 valence electrons. The molecule has 0 saturated heterocycles. The summed E-state index contributed by atoms with van der Waals surface area (Å²) in [6, 6.07) is 42.9. The van der Waals surface area contributed by atoms with Crippen molar-refractivity contribution in [2.75, 3.05) is 14.2 Å². The average molecular weight is 564 g/mol. The number of ether oxygens (including phenoxy) is 2.